The minimum atomic E-state index is -0.694. The molecule has 2 aromatic heterocycles. The molecule has 2 amide bonds. The van der Waals surface area contributed by atoms with Crippen molar-refractivity contribution in [3.63, 3.8) is 0 Å². The van der Waals surface area contributed by atoms with Crippen molar-refractivity contribution in [1.82, 2.24) is 25.1 Å². The van der Waals surface area contributed by atoms with Crippen LogP contribution in [0.15, 0.2) is 53.5 Å². The van der Waals surface area contributed by atoms with Gasteiger partial charge >= 0.3 is 0 Å². The van der Waals surface area contributed by atoms with Gasteiger partial charge in [-0.25, -0.2) is 9.97 Å². The second kappa shape index (κ2) is 12.9. The number of carbonyl (C=O) groups is 2. The Labute approximate surface area is 233 Å². The maximum Gasteiger partial charge on any atom is 0.251 e. The molecule has 40 heavy (non-hydrogen) atoms. The van der Waals surface area contributed by atoms with Gasteiger partial charge in [-0.2, -0.15) is 0 Å². The summed E-state index contributed by atoms with van der Waals surface area (Å²) in [6, 6.07) is 9.67. The normalized spacial score (nSPS) is 16.7. The van der Waals surface area contributed by atoms with Crippen LogP contribution in [0.5, 0.6) is 5.75 Å². The number of hydrogen-bond donors (Lipinski definition) is 3. The van der Waals surface area contributed by atoms with Crippen molar-refractivity contribution in [3.05, 3.63) is 71.6 Å². The highest BCUT2D eigenvalue weighted by atomic mass is 16.5. The molecule has 0 saturated carbocycles. The minimum absolute atomic E-state index is 0.0994. The average molecular weight is 549 g/mol. The molecule has 1 aromatic carbocycles. The molecule has 3 aromatic rings. The largest absolute Gasteiger partial charge is 0.486 e. The molecule has 1 unspecified atom stereocenters. The number of nitrogens with one attached hydrogen (secondary N) is 2. The Hall–Kier alpha value is -3.96. The molecule has 3 N–H and O–H groups in total. The van der Waals surface area contributed by atoms with Gasteiger partial charge in [0.25, 0.3) is 5.91 Å². The summed E-state index contributed by atoms with van der Waals surface area (Å²) in [6.07, 6.45) is 6.47. The molecule has 0 bridgehead atoms. The van der Waals surface area contributed by atoms with Crippen LogP contribution in [0.25, 0.3) is 0 Å². The number of amides is 2. The predicted molar refractivity (Wildman–Crippen MR) is 148 cm³/mol. The number of oxazole rings is 1. The van der Waals surface area contributed by atoms with Gasteiger partial charge in [-0.3, -0.25) is 14.5 Å². The molecule has 0 spiro atoms. The van der Waals surface area contributed by atoms with Crippen LogP contribution < -0.4 is 15.4 Å². The van der Waals surface area contributed by atoms with Crippen LogP contribution in [-0.2, 0) is 24.4 Å². The third kappa shape index (κ3) is 7.36. The highest BCUT2D eigenvalue weighted by molar-refractivity contribution is 5.94. The van der Waals surface area contributed by atoms with E-state index in [0.29, 0.717) is 43.4 Å². The smallest absolute Gasteiger partial charge is 0.251 e. The molecule has 4 heterocycles. The lowest BCUT2D eigenvalue weighted by Gasteiger charge is -2.32. The molecule has 1 atom stereocenters. The highest BCUT2D eigenvalue weighted by Gasteiger charge is 2.22. The maximum atomic E-state index is 12.8. The summed E-state index contributed by atoms with van der Waals surface area (Å²) < 4.78 is 11.0. The van der Waals surface area contributed by atoms with Crippen molar-refractivity contribution in [2.24, 2.45) is 0 Å². The molecule has 1 fully saturated rings. The van der Waals surface area contributed by atoms with Gasteiger partial charge < -0.3 is 29.8 Å². The summed E-state index contributed by atoms with van der Waals surface area (Å²) >= 11 is 0. The second-order valence-electron chi connectivity index (χ2n) is 10.4. The summed E-state index contributed by atoms with van der Waals surface area (Å²) in [5.74, 6) is 1.95. The van der Waals surface area contributed by atoms with Crippen LogP contribution in [0.1, 0.15) is 47.0 Å². The van der Waals surface area contributed by atoms with E-state index in [1.54, 1.807) is 31.5 Å². The number of ether oxygens (including phenoxy) is 1. The van der Waals surface area contributed by atoms with Gasteiger partial charge in [-0.1, -0.05) is 6.07 Å². The van der Waals surface area contributed by atoms with Crippen molar-refractivity contribution in [2.45, 2.75) is 51.5 Å². The van der Waals surface area contributed by atoms with Crippen LogP contribution in [0, 0.1) is 0 Å². The first-order valence-electron chi connectivity index (χ1n) is 13.7. The number of benzene rings is 1. The standard InChI is InChI=1S/C29H36N6O5/c1-20(36)35-10-6-24(7-11-35)33-28-13-22(4-8-31-28)29(38)32-14-25(37)17-34-9-5-21-12-26(3-2-23(21)16-34)39-18-27-15-30-19-40-27/h2-4,8,12-13,15,19,24-25,37H,5-7,9-11,14,16-18H2,1H3,(H,31,33)(H,32,38). The Morgan fingerprint density at radius 2 is 2.02 bits per heavy atom. The quantitative estimate of drug-likeness (QED) is 0.349. The van der Waals surface area contributed by atoms with Crippen LogP contribution >= 0.6 is 0 Å². The summed E-state index contributed by atoms with van der Waals surface area (Å²) in [7, 11) is 0. The minimum Gasteiger partial charge on any atom is -0.486 e. The van der Waals surface area contributed by atoms with E-state index >= 15 is 0 Å². The molecule has 2 aliphatic heterocycles. The van der Waals surface area contributed by atoms with Gasteiger partial charge in [-0.05, 0) is 54.7 Å². The zero-order chi connectivity index (χ0) is 27.9. The highest BCUT2D eigenvalue weighted by Crippen LogP contribution is 2.24. The van der Waals surface area contributed by atoms with Gasteiger partial charge in [-0.15, -0.1) is 0 Å². The molecule has 11 heteroatoms. The van der Waals surface area contributed by atoms with E-state index in [2.05, 4.69) is 37.6 Å². The molecule has 0 radical (unpaired) electrons. The third-order valence-corrected chi connectivity index (χ3v) is 7.42. The van der Waals surface area contributed by atoms with Crippen molar-refractivity contribution >= 4 is 17.6 Å². The number of aliphatic hydroxyl groups excluding tert-OH is 1. The Bertz CT molecular complexity index is 1290. The van der Waals surface area contributed by atoms with Gasteiger partial charge in [0.05, 0.1) is 12.3 Å². The van der Waals surface area contributed by atoms with Crippen molar-refractivity contribution < 1.29 is 23.8 Å². The Balaban J connectivity index is 1.05. The fourth-order valence-corrected chi connectivity index (χ4v) is 5.18. The van der Waals surface area contributed by atoms with Crippen molar-refractivity contribution in [1.29, 1.82) is 0 Å². The first-order chi connectivity index (χ1) is 19.4. The van der Waals surface area contributed by atoms with Crippen LogP contribution in [0.2, 0.25) is 0 Å². The predicted octanol–water partition coefficient (Wildman–Crippen LogP) is 2.22. The van der Waals surface area contributed by atoms with E-state index in [1.807, 2.05) is 11.0 Å². The van der Waals surface area contributed by atoms with E-state index in [1.165, 1.54) is 17.5 Å². The number of aliphatic hydroxyl groups is 1. The number of β-amino-alcohol motifs (C(OH)–C–C–N with tert-alkyl or cyclic N) is 1. The third-order valence-electron chi connectivity index (χ3n) is 7.42. The Morgan fingerprint density at radius 1 is 1.18 bits per heavy atom. The fourth-order valence-electron chi connectivity index (χ4n) is 5.18. The van der Waals surface area contributed by atoms with Gasteiger partial charge in [0, 0.05) is 64.0 Å². The Kier molecular flexibility index (Phi) is 8.92. The molecular weight excluding hydrogens is 512 g/mol. The van der Waals surface area contributed by atoms with Crippen molar-refractivity contribution in [3.8, 4) is 5.75 Å². The molecule has 11 nitrogen and oxygen atoms in total. The lowest BCUT2D eigenvalue weighted by Crippen LogP contribution is -2.42. The number of rotatable bonds is 10. The van der Waals surface area contributed by atoms with E-state index in [9.17, 15) is 14.7 Å². The molecule has 2 aliphatic rings. The molecular formula is C29H36N6O5. The van der Waals surface area contributed by atoms with Crippen LogP contribution in [0.3, 0.4) is 0 Å². The average Bonchev–Trinajstić information content (AvgIpc) is 3.49. The number of aromatic nitrogens is 2. The zero-order valence-electron chi connectivity index (χ0n) is 22.7. The van der Waals surface area contributed by atoms with E-state index in [4.69, 9.17) is 9.15 Å². The topological polar surface area (TPSA) is 133 Å². The van der Waals surface area contributed by atoms with Gasteiger partial charge in [0.2, 0.25) is 5.91 Å². The summed E-state index contributed by atoms with van der Waals surface area (Å²) in [5.41, 5.74) is 2.93. The number of hydrogen-bond acceptors (Lipinski definition) is 9. The SMILES string of the molecule is CC(=O)N1CCC(Nc2cc(C(=O)NCC(O)CN3CCc4cc(OCc5cnco5)ccc4C3)ccn2)CC1. The number of piperidine rings is 1. The van der Waals surface area contributed by atoms with Crippen LogP contribution in [0.4, 0.5) is 5.82 Å². The second-order valence-corrected chi connectivity index (χ2v) is 10.4. The molecule has 5 rings (SSSR count). The number of carbonyl (C=O) groups excluding carboxylic acids is 2. The van der Waals surface area contributed by atoms with Gasteiger partial charge in [0.15, 0.2) is 12.2 Å². The van der Waals surface area contributed by atoms with Crippen LogP contribution in [-0.4, -0.2) is 81.6 Å². The number of pyridine rings is 1. The first-order valence-corrected chi connectivity index (χ1v) is 13.7. The lowest BCUT2D eigenvalue weighted by atomic mass is 9.99. The number of anilines is 1. The lowest BCUT2D eigenvalue weighted by molar-refractivity contribution is -0.129. The van der Waals surface area contributed by atoms with Gasteiger partial charge in [0.1, 0.15) is 18.2 Å². The summed E-state index contributed by atoms with van der Waals surface area (Å²) in [6.45, 7) is 5.52. The Morgan fingerprint density at radius 3 is 2.80 bits per heavy atom. The van der Waals surface area contributed by atoms with Crippen molar-refractivity contribution in [2.75, 3.05) is 38.0 Å². The molecule has 1 saturated heterocycles. The first kappa shape index (κ1) is 27.6. The number of likely N-dealkylation sites (tertiary alicyclic amines) is 1. The number of fused-ring (bicyclic) bond motifs is 1. The summed E-state index contributed by atoms with van der Waals surface area (Å²) in [5, 5.41) is 16.9. The molecule has 0 aliphatic carbocycles. The van der Waals surface area contributed by atoms with E-state index < -0.39 is 6.10 Å². The zero-order valence-corrected chi connectivity index (χ0v) is 22.7. The maximum absolute atomic E-state index is 12.8. The summed E-state index contributed by atoms with van der Waals surface area (Å²) in [4.78, 5) is 36.6. The van der Waals surface area contributed by atoms with E-state index in [-0.39, 0.29) is 24.4 Å². The van der Waals surface area contributed by atoms with E-state index in [0.717, 1.165) is 38.1 Å². The fraction of sp³-hybridized carbons (Fsp3) is 0.448. The monoisotopic (exact) mass is 548 g/mol. The molecule has 212 valence electrons. The number of nitrogens with zero attached hydrogens (tertiary/aromatic N) is 4.